The van der Waals surface area contributed by atoms with E-state index in [1.807, 2.05) is 18.3 Å². The Morgan fingerprint density at radius 1 is 1.13 bits per heavy atom. The molecule has 15 heavy (non-hydrogen) atoms. The summed E-state index contributed by atoms with van der Waals surface area (Å²) in [5.74, 6) is 0. The topological polar surface area (TPSA) is 24.9 Å². The van der Waals surface area contributed by atoms with Crippen molar-refractivity contribution in [1.82, 2.24) is 10.3 Å². The zero-order chi connectivity index (χ0) is 10.8. The highest BCUT2D eigenvalue weighted by atomic mass is 14.8. The molecule has 1 heterocycles. The SMILES string of the molecule is CCCCCCNCCc1ccccn1. The van der Waals surface area contributed by atoms with Crippen LogP contribution in [0.25, 0.3) is 0 Å². The van der Waals surface area contributed by atoms with Gasteiger partial charge in [0.2, 0.25) is 0 Å². The highest BCUT2D eigenvalue weighted by Gasteiger charge is 1.92. The van der Waals surface area contributed by atoms with E-state index in [0.717, 1.165) is 19.5 Å². The van der Waals surface area contributed by atoms with Crippen LogP contribution >= 0.6 is 0 Å². The largest absolute Gasteiger partial charge is 0.316 e. The second-order valence-electron chi connectivity index (χ2n) is 3.88. The average Bonchev–Trinajstić information content (AvgIpc) is 2.29. The number of unbranched alkanes of at least 4 members (excludes halogenated alkanes) is 3. The molecule has 1 aromatic heterocycles. The lowest BCUT2D eigenvalue weighted by molar-refractivity contribution is 0.597. The van der Waals surface area contributed by atoms with E-state index < -0.39 is 0 Å². The van der Waals surface area contributed by atoms with E-state index in [1.165, 1.54) is 31.4 Å². The molecule has 0 atom stereocenters. The molecule has 2 heteroatoms. The smallest absolute Gasteiger partial charge is 0.0416 e. The molecule has 84 valence electrons. The minimum atomic E-state index is 1.04. The third-order valence-corrected chi connectivity index (χ3v) is 2.49. The number of hydrogen-bond donors (Lipinski definition) is 1. The van der Waals surface area contributed by atoms with Gasteiger partial charge in [0.05, 0.1) is 0 Å². The number of rotatable bonds is 8. The number of aromatic nitrogens is 1. The summed E-state index contributed by atoms with van der Waals surface area (Å²) in [5.41, 5.74) is 1.18. The molecule has 1 N–H and O–H groups in total. The van der Waals surface area contributed by atoms with Gasteiger partial charge in [0.25, 0.3) is 0 Å². The van der Waals surface area contributed by atoms with Gasteiger partial charge in [0.15, 0.2) is 0 Å². The van der Waals surface area contributed by atoms with Gasteiger partial charge in [-0.15, -0.1) is 0 Å². The highest BCUT2D eigenvalue weighted by molar-refractivity contribution is 5.03. The van der Waals surface area contributed by atoms with Crippen molar-refractivity contribution in [2.45, 2.75) is 39.0 Å². The van der Waals surface area contributed by atoms with Crippen molar-refractivity contribution in [2.75, 3.05) is 13.1 Å². The molecule has 1 aromatic rings. The molecule has 0 amide bonds. The van der Waals surface area contributed by atoms with Crippen LogP contribution in [0.15, 0.2) is 24.4 Å². The molecule has 0 radical (unpaired) electrons. The zero-order valence-corrected chi connectivity index (χ0v) is 9.71. The van der Waals surface area contributed by atoms with Gasteiger partial charge in [-0.1, -0.05) is 32.3 Å². The fraction of sp³-hybridized carbons (Fsp3) is 0.615. The normalized spacial score (nSPS) is 10.5. The molecule has 0 aliphatic rings. The van der Waals surface area contributed by atoms with Crippen LogP contribution in [0.3, 0.4) is 0 Å². The Morgan fingerprint density at radius 2 is 2.07 bits per heavy atom. The summed E-state index contributed by atoms with van der Waals surface area (Å²) in [6, 6.07) is 6.09. The second kappa shape index (κ2) is 8.42. The van der Waals surface area contributed by atoms with Gasteiger partial charge in [-0.05, 0) is 25.1 Å². The van der Waals surface area contributed by atoms with Crippen molar-refractivity contribution in [3.8, 4) is 0 Å². The lowest BCUT2D eigenvalue weighted by Gasteiger charge is -2.03. The van der Waals surface area contributed by atoms with Crippen LogP contribution in [0.4, 0.5) is 0 Å². The molecule has 0 aliphatic carbocycles. The van der Waals surface area contributed by atoms with E-state index in [4.69, 9.17) is 0 Å². The molecule has 0 spiro atoms. The molecule has 0 bridgehead atoms. The summed E-state index contributed by atoms with van der Waals surface area (Å²) >= 11 is 0. The minimum absolute atomic E-state index is 1.04. The summed E-state index contributed by atoms with van der Waals surface area (Å²) in [6.45, 7) is 4.43. The van der Waals surface area contributed by atoms with Gasteiger partial charge in [-0.25, -0.2) is 0 Å². The summed E-state index contributed by atoms with van der Waals surface area (Å²) in [7, 11) is 0. The van der Waals surface area contributed by atoms with E-state index in [-0.39, 0.29) is 0 Å². The Kier molecular flexibility index (Phi) is 6.84. The Balaban J connectivity index is 1.93. The first-order chi connectivity index (χ1) is 7.43. The summed E-state index contributed by atoms with van der Waals surface area (Å²) in [5, 5.41) is 3.45. The van der Waals surface area contributed by atoms with Crippen LogP contribution < -0.4 is 5.32 Å². The zero-order valence-electron chi connectivity index (χ0n) is 9.71. The molecule has 0 saturated carbocycles. The minimum Gasteiger partial charge on any atom is -0.316 e. The summed E-state index contributed by atoms with van der Waals surface area (Å²) < 4.78 is 0. The van der Waals surface area contributed by atoms with Gasteiger partial charge >= 0.3 is 0 Å². The van der Waals surface area contributed by atoms with E-state index in [2.05, 4.69) is 23.3 Å². The van der Waals surface area contributed by atoms with Crippen molar-refractivity contribution in [2.24, 2.45) is 0 Å². The Bertz CT molecular complexity index is 234. The van der Waals surface area contributed by atoms with Crippen LogP contribution in [0.2, 0.25) is 0 Å². The number of hydrogen-bond acceptors (Lipinski definition) is 2. The molecular formula is C13H22N2. The van der Waals surface area contributed by atoms with Gasteiger partial charge < -0.3 is 5.32 Å². The first-order valence-electron chi connectivity index (χ1n) is 6.04. The highest BCUT2D eigenvalue weighted by Crippen LogP contribution is 1.97. The first-order valence-corrected chi connectivity index (χ1v) is 6.04. The molecule has 0 aromatic carbocycles. The Morgan fingerprint density at radius 3 is 2.80 bits per heavy atom. The lowest BCUT2D eigenvalue weighted by Crippen LogP contribution is -2.18. The van der Waals surface area contributed by atoms with Gasteiger partial charge in [0.1, 0.15) is 0 Å². The third kappa shape index (κ3) is 6.24. The standard InChI is InChI=1S/C13H22N2/c1-2-3-4-6-10-14-12-9-13-8-5-7-11-15-13/h5,7-8,11,14H,2-4,6,9-10,12H2,1H3. The van der Waals surface area contributed by atoms with Crippen molar-refractivity contribution < 1.29 is 0 Å². The van der Waals surface area contributed by atoms with E-state index in [0.29, 0.717) is 0 Å². The maximum Gasteiger partial charge on any atom is 0.0416 e. The fourth-order valence-electron chi connectivity index (χ4n) is 1.56. The maximum atomic E-state index is 4.29. The van der Waals surface area contributed by atoms with Crippen LogP contribution in [0, 0.1) is 0 Å². The third-order valence-electron chi connectivity index (χ3n) is 2.49. The van der Waals surface area contributed by atoms with Gasteiger partial charge in [0, 0.05) is 24.9 Å². The predicted molar refractivity (Wildman–Crippen MR) is 65.0 cm³/mol. The van der Waals surface area contributed by atoms with E-state index in [9.17, 15) is 0 Å². The molecule has 2 nitrogen and oxygen atoms in total. The monoisotopic (exact) mass is 206 g/mol. The lowest BCUT2D eigenvalue weighted by atomic mass is 10.2. The Labute approximate surface area is 93.1 Å². The Hall–Kier alpha value is -0.890. The van der Waals surface area contributed by atoms with Crippen molar-refractivity contribution >= 4 is 0 Å². The number of pyridine rings is 1. The van der Waals surface area contributed by atoms with Crippen LogP contribution in [0.1, 0.15) is 38.3 Å². The summed E-state index contributed by atoms with van der Waals surface area (Å²) in [6.07, 6.45) is 8.23. The predicted octanol–water partition coefficient (Wildman–Crippen LogP) is 2.79. The van der Waals surface area contributed by atoms with E-state index >= 15 is 0 Å². The average molecular weight is 206 g/mol. The van der Waals surface area contributed by atoms with Gasteiger partial charge in [-0.3, -0.25) is 4.98 Å². The van der Waals surface area contributed by atoms with Crippen LogP contribution in [-0.2, 0) is 6.42 Å². The molecular weight excluding hydrogens is 184 g/mol. The quantitative estimate of drug-likeness (QED) is 0.662. The van der Waals surface area contributed by atoms with Crippen molar-refractivity contribution in [3.05, 3.63) is 30.1 Å². The van der Waals surface area contributed by atoms with E-state index in [1.54, 1.807) is 0 Å². The van der Waals surface area contributed by atoms with Gasteiger partial charge in [-0.2, -0.15) is 0 Å². The maximum absolute atomic E-state index is 4.29. The molecule has 1 rings (SSSR count). The second-order valence-corrected chi connectivity index (χ2v) is 3.88. The first kappa shape index (κ1) is 12.2. The fourth-order valence-corrected chi connectivity index (χ4v) is 1.56. The van der Waals surface area contributed by atoms with Crippen molar-refractivity contribution in [1.29, 1.82) is 0 Å². The van der Waals surface area contributed by atoms with Crippen LogP contribution in [-0.4, -0.2) is 18.1 Å². The molecule has 0 unspecified atom stereocenters. The van der Waals surface area contributed by atoms with Crippen LogP contribution in [0.5, 0.6) is 0 Å². The molecule has 0 saturated heterocycles. The summed E-state index contributed by atoms with van der Waals surface area (Å²) in [4.78, 5) is 4.29. The molecule has 0 aliphatic heterocycles. The number of nitrogens with one attached hydrogen (secondary N) is 1. The molecule has 0 fully saturated rings. The number of nitrogens with zero attached hydrogens (tertiary/aromatic N) is 1. The van der Waals surface area contributed by atoms with Crippen molar-refractivity contribution in [3.63, 3.8) is 0 Å².